The van der Waals surface area contributed by atoms with Gasteiger partial charge >= 0.3 is 5.97 Å². The summed E-state index contributed by atoms with van der Waals surface area (Å²) in [6.45, 7) is 3.88. The maximum atomic E-state index is 12.9. The van der Waals surface area contributed by atoms with Gasteiger partial charge in [0, 0.05) is 6.54 Å². The quantitative estimate of drug-likeness (QED) is 0.496. The molecule has 0 spiro atoms. The number of hydrogen-bond acceptors (Lipinski definition) is 7. The molecule has 0 unspecified atom stereocenters. The van der Waals surface area contributed by atoms with Crippen molar-refractivity contribution in [3.05, 3.63) is 65.1 Å². The number of amides is 1. The van der Waals surface area contributed by atoms with Crippen molar-refractivity contribution in [3.63, 3.8) is 0 Å². The Kier molecular flexibility index (Phi) is 6.66. The van der Waals surface area contributed by atoms with Crippen LogP contribution in [0.15, 0.2) is 59.0 Å². The van der Waals surface area contributed by atoms with Crippen LogP contribution in [0.5, 0.6) is 17.2 Å². The van der Waals surface area contributed by atoms with E-state index in [0.717, 1.165) is 23.4 Å². The summed E-state index contributed by atoms with van der Waals surface area (Å²) in [6.07, 6.45) is 3.25. The van der Waals surface area contributed by atoms with Gasteiger partial charge in [0.2, 0.25) is 0 Å². The van der Waals surface area contributed by atoms with Crippen molar-refractivity contribution in [3.8, 4) is 17.2 Å². The Morgan fingerprint density at radius 1 is 1.19 bits per heavy atom. The van der Waals surface area contributed by atoms with E-state index in [-0.39, 0.29) is 29.5 Å². The van der Waals surface area contributed by atoms with E-state index in [1.54, 1.807) is 30.4 Å². The SMILES string of the molecule is C=CCN1C(=O)/C(=C/c2ccc(OC)c(OC)c2)SC1=Nc1ccc(O)cc1C(=O)O. The third-order valence-corrected chi connectivity index (χ3v) is 5.34. The predicted molar refractivity (Wildman–Crippen MR) is 119 cm³/mol. The van der Waals surface area contributed by atoms with Crippen LogP contribution in [0.4, 0.5) is 5.69 Å². The molecule has 0 aromatic heterocycles. The van der Waals surface area contributed by atoms with Crippen molar-refractivity contribution < 1.29 is 29.3 Å². The molecule has 3 rings (SSSR count). The van der Waals surface area contributed by atoms with Crippen LogP contribution < -0.4 is 9.47 Å². The fourth-order valence-electron chi connectivity index (χ4n) is 2.87. The van der Waals surface area contributed by atoms with E-state index in [1.807, 2.05) is 0 Å². The number of methoxy groups -OCH3 is 2. The molecule has 1 aliphatic rings. The first-order chi connectivity index (χ1) is 14.9. The van der Waals surface area contributed by atoms with Crippen LogP contribution in [0, 0.1) is 0 Å². The summed E-state index contributed by atoms with van der Waals surface area (Å²) in [5, 5.41) is 19.3. The molecule has 0 radical (unpaired) electrons. The third-order valence-electron chi connectivity index (χ3n) is 4.33. The fraction of sp³-hybridized carbons (Fsp3) is 0.136. The van der Waals surface area contributed by atoms with E-state index in [1.165, 1.54) is 31.3 Å². The molecule has 2 aromatic rings. The summed E-state index contributed by atoms with van der Waals surface area (Å²) in [5.74, 6) is -0.609. The van der Waals surface area contributed by atoms with Crippen LogP contribution in [0.1, 0.15) is 15.9 Å². The average molecular weight is 440 g/mol. The molecule has 1 amide bonds. The molecule has 2 N–H and O–H groups in total. The largest absolute Gasteiger partial charge is 0.508 e. The van der Waals surface area contributed by atoms with Gasteiger partial charge in [-0.3, -0.25) is 9.69 Å². The molecule has 0 aliphatic carbocycles. The number of phenols is 1. The zero-order chi connectivity index (χ0) is 22.5. The first-order valence-electron chi connectivity index (χ1n) is 9.07. The maximum absolute atomic E-state index is 12.9. The number of hydrogen-bond donors (Lipinski definition) is 2. The molecule has 8 nitrogen and oxygen atoms in total. The van der Waals surface area contributed by atoms with Crippen LogP contribution in [-0.4, -0.2) is 52.9 Å². The molecular formula is C22H20N2O6S. The minimum atomic E-state index is -1.24. The molecule has 1 aliphatic heterocycles. The van der Waals surface area contributed by atoms with E-state index in [9.17, 15) is 19.8 Å². The van der Waals surface area contributed by atoms with Crippen molar-refractivity contribution in [2.75, 3.05) is 20.8 Å². The number of ether oxygens (including phenoxy) is 2. The molecule has 1 fully saturated rings. The standard InChI is InChI=1S/C22H20N2O6S/c1-4-9-24-20(26)19(11-13-5-8-17(29-2)18(10-13)30-3)31-22(24)23-16-7-6-14(25)12-15(16)21(27)28/h4-8,10-12,25H,1,9H2,2-3H3,(H,27,28)/b19-11-,23-22?. The van der Waals surface area contributed by atoms with Gasteiger partial charge in [0.05, 0.1) is 30.4 Å². The monoisotopic (exact) mass is 440 g/mol. The highest BCUT2D eigenvalue weighted by atomic mass is 32.2. The molecular weight excluding hydrogens is 420 g/mol. The van der Waals surface area contributed by atoms with Crippen LogP contribution in [0.3, 0.4) is 0 Å². The minimum absolute atomic E-state index is 0.127. The number of rotatable bonds is 7. The molecule has 31 heavy (non-hydrogen) atoms. The Morgan fingerprint density at radius 2 is 1.94 bits per heavy atom. The van der Waals surface area contributed by atoms with Crippen molar-refractivity contribution in [1.82, 2.24) is 4.90 Å². The highest BCUT2D eigenvalue weighted by Crippen LogP contribution is 2.36. The van der Waals surface area contributed by atoms with Gasteiger partial charge in [-0.2, -0.15) is 0 Å². The number of thioether (sulfide) groups is 1. The number of benzene rings is 2. The summed E-state index contributed by atoms with van der Waals surface area (Å²) in [7, 11) is 3.06. The Morgan fingerprint density at radius 3 is 2.58 bits per heavy atom. The van der Waals surface area contributed by atoms with Gasteiger partial charge in [-0.15, -0.1) is 6.58 Å². The average Bonchev–Trinajstić information content (AvgIpc) is 3.03. The predicted octanol–water partition coefficient (Wildman–Crippen LogP) is 3.90. The topological polar surface area (TPSA) is 109 Å². The number of aliphatic imine (C=N–C) groups is 1. The summed E-state index contributed by atoms with van der Waals surface area (Å²) in [4.78, 5) is 30.7. The minimum Gasteiger partial charge on any atom is -0.508 e. The van der Waals surface area contributed by atoms with Crippen LogP contribution in [-0.2, 0) is 4.79 Å². The number of carboxylic acid groups (broad SMARTS) is 1. The van der Waals surface area contributed by atoms with Crippen LogP contribution in [0.2, 0.25) is 0 Å². The molecule has 9 heteroatoms. The zero-order valence-corrected chi connectivity index (χ0v) is 17.7. The number of carboxylic acids is 1. The highest BCUT2D eigenvalue weighted by Gasteiger charge is 2.33. The van der Waals surface area contributed by atoms with Crippen LogP contribution in [0.25, 0.3) is 6.08 Å². The van der Waals surface area contributed by atoms with E-state index in [4.69, 9.17) is 9.47 Å². The second-order valence-corrected chi connectivity index (χ2v) is 7.34. The second kappa shape index (κ2) is 9.40. The number of aromatic hydroxyl groups is 1. The lowest BCUT2D eigenvalue weighted by Gasteiger charge is -2.13. The normalized spacial score (nSPS) is 16.1. The van der Waals surface area contributed by atoms with Gasteiger partial charge in [0.1, 0.15) is 5.75 Å². The van der Waals surface area contributed by atoms with Gasteiger partial charge in [-0.05, 0) is 53.7 Å². The Labute approximate surface area is 183 Å². The number of carbonyl (C=O) groups is 2. The summed E-state index contributed by atoms with van der Waals surface area (Å²) >= 11 is 1.12. The third kappa shape index (κ3) is 4.72. The molecule has 0 atom stereocenters. The van der Waals surface area contributed by atoms with Crippen molar-refractivity contribution in [2.45, 2.75) is 0 Å². The van der Waals surface area contributed by atoms with Crippen LogP contribution >= 0.6 is 11.8 Å². The van der Waals surface area contributed by atoms with Gasteiger partial charge in [0.25, 0.3) is 5.91 Å². The Bertz CT molecular complexity index is 1110. The molecule has 0 bridgehead atoms. The first kappa shape index (κ1) is 22.0. The maximum Gasteiger partial charge on any atom is 0.338 e. The lowest BCUT2D eigenvalue weighted by molar-refractivity contribution is -0.121. The van der Waals surface area contributed by atoms with Crippen molar-refractivity contribution in [2.24, 2.45) is 4.99 Å². The van der Waals surface area contributed by atoms with Crippen molar-refractivity contribution in [1.29, 1.82) is 0 Å². The molecule has 0 saturated carbocycles. The number of nitrogens with zero attached hydrogens (tertiary/aromatic N) is 2. The number of amidine groups is 1. The van der Waals surface area contributed by atoms with E-state index in [2.05, 4.69) is 11.6 Å². The molecule has 1 heterocycles. The molecule has 1 saturated heterocycles. The fourth-order valence-corrected chi connectivity index (χ4v) is 3.87. The van der Waals surface area contributed by atoms with E-state index < -0.39 is 5.97 Å². The lowest BCUT2D eigenvalue weighted by Crippen LogP contribution is -2.29. The van der Waals surface area contributed by atoms with Gasteiger partial charge in [-0.25, -0.2) is 9.79 Å². The number of aromatic carboxylic acids is 1. The smallest absolute Gasteiger partial charge is 0.338 e. The highest BCUT2D eigenvalue weighted by molar-refractivity contribution is 8.18. The number of phenolic OH excluding ortho intramolecular Hbond substituents is 1. The van der Waals surface area contributed by atoms with Crippen molar-refractivity contribution >= 4 is 40.6 Å². The molecule has 2 aromatic carbocycles. The lowest BCUT2D eigenvalue weighted by atomic mass is 10.1. The first-order valence-corrected chi connectivity index (χ1v) is 9.89. The van der Waals surface area contributed by atoms with Gasteiger partial charge in [0.15, 0.2) is 16.7 Å². The summed E-state index contributed by atoms with van der Waals surface area (Å²) in [6, 6.07) is 9.11. The summed E-state index contributed by atoms with van der Waals surface area (Å²) < 4.78 is 10.5. The van der Waals surface area contributed by atoms with Gasteiger partial charge in [-0.1, -0.05) is 12.1 Å². The second-order valence-electron chi connectivity index (χ2n) is 6.33. The summed E-state index contributed by atoms with van der Waals surface area (Å²) in [5.41, 5.74) is 0.683. The van der Waals surface area contributed by atoms with Gasteiger partial charge < -0.3 is 19.7 Å². The molecule has 160 valence electrons. The Balaban J connectivity index is 2.02. The van der Waals surface area contributed by atoms with E-state index in [0.29, 0.717) is 21.6 Å². The number of carbonyl (C=O) groups excluding carboxylic acids is 1. The van der Waals surface area contributed by atoms with E-state index >= 15 is 0 Å². The Hall–Kier alpha value is -3.72. The zero-order valence-electron chi connectivity index (χ0n) is 16.9.